The molecule has 0 bridgehead atoms. The molecule has 1 aromatic carbocycles. The van der Waals surface area contributed by atoms with Crippen LogP contribution in [0.5, 0.6) is 11.5 Å². The second-order valence-electron chi connectivity index (χ2n) is 7.30. The molecule has 2 heterocycles. The van der Waals surface area contributed by atoms with Crippen molar-refractivity contribution in [1.82, 2.24) is 0 Å². The molecule has 0 saturated carbocycles. The Balaban J connectivity index is 1.70. The van der Waals surface area contributed by atoms with Gasteiger partial charge in [0.2, 0.25) is 6.29 Å². The highest BCUT2D eigenvalue weighted by Gasteiger charge is 2.51. The fourth-order valence-electron chi connectivity index (χ4n) is 3.44. The second kappa shape index (κ2) is 10.4. The normalized spacial score (nSPS) is 41.0. The Morgan fingerprint density at radius 3 is 1.84 bits per heavy atom. The summed E-state index contributed by atoms with van der Waals surface area (Å²) in [6, 6.07) is 6.36. The van der Waals surface area contributed by atoms with Gasteiger partial charge < -0.3 is 59.4 Å². The van der Waals surface area contributed by atoms with Gasteiger partial charge in [-0.25, -0.2) is 0 Å². The van der Waals surface area contributed by atoms with Crippen LogP contribution in [-0.2, 0) is 14.2 Å². The van der Waals surface area contributed by atoms with Crippen LogP contribution in [0, 0.1) is 0 Å². The van der Waals surface area contributed by atoms with Crippen molar-refractivity contribution >= 4 is 0 Å². The van der Waals surface area contributed by atoms with Gasteiger partial charge in [-0.15, -0.1) is 0 Å². The zero-order valence-corrected chi connectivity index (χ0v) is 16.7. The number of hydrogen-bond acceptors (Lipinski definition) is 12. The Morgan fingerprint density at radius 1 is 0.710 bits per heavy atom. The van der Waals surface area contributed by atoms with Crippen LogP contribution < -0.4 is 9.47 Å². The maximum Gasteiger partial charge on any atom is 0.229 e. The highest BCUT2D eigenvalue weighted by molar-refractivity contribution is 5.31. The molecule has 31 heavy (non-hydrogen) atoms. The molecule has 10 atom stereocenters. The van der Waals surface area contributed by atoms with E-state index < -0.39 is 74.6 Å². The van der Waals surface area contributed by atoms with Crippen LogP contribution in [0.1, 0.15) is 0 Å². The molecule has 12 nitrogen and oxygen atoms in total. The first kappa shape index (κ1) is 24.1. The van der Waals surface area contributed by atoms with Crippen molar-refractivity contribution in [2.75, 3.05) is 20.3 Å². The summed E-state index contributed by atoms with van der Waals surface area (Å²) in [6.07, 6.45) is -15.0. The molecule has 0 aromatic heterocycles. The Kier molecular flexibility index (Phi) is 8.04. The maximum absolute atomic E-state index is 10.6. The van der Waals surface area contributed by atoms with Crippen LogP contribution >= 0.6 is 0 Å². The Labute approximate surface area is 177 Å². The quantitative estimate of drug-likeness (QED) is 0.220. The van der Waals surface area contributed by atoms with Gasteiger partial charge in [0, 0.05) is 0 Å². The molecule has 176 valence electrons. The number of methoxy groups -OCH3 is 1. The van der Waals surface area contributed by atoms with Crippen LogP contribution in [0.3, 0.4) is 0 Å². The fourth-order valence-corrected chi connectivity index (χ4v) is 3.44. The SMILES string of the molecule is COc1ccc(O[C@@H]2O[C@H](CO)[C@@H](O[C@H]3O[C@H](CO)[C@@H](O)[C@H](O)[C@H]3O)[C@H](O)[C@H]2O)cc1. The highest BCUT2D eigenvalue weighted by atomic mass is 16.7. The predicted molar refractivity (Wildman–Crippen MR) is 100 cm³/mol. The first-order valence-electron chi connectivity index (χ1n) is 9.69. The molecule has 0 spiro atoms. The summed E-state index contributed by atoms with van der Waals surface area (Å²) in [5.74, 6) is 0.890. The summed E-state index contributed by atoms with van der Waals surface area (Å²) < 4.78 is 26.9. The van der Waals surface area contributed by atoms with Crippen LogP contribution in [0.15, 0.2) is 24.3 Å². The zero-order valence-electron chi connectivity index (χ0n) is 16.7. The molecule has 0 radical (unpaired) electrons. The second-order valence-corrected chi connectivity index (χ2v) is 7.30. The molecule has 1 aromatic rings. The van der Waals surface area contributed by atoms with Gasteiger partial charge in [-0.05, 0) is 24.3 Å². The summed E-state index contributed by atoms with van der Waals surface area (Å²) in [5.41, 5.74) is 0. The fraction of sp³-hybridized carbons (Fsp3) is 0.684. The van der Waals surface area contributed by atoms with E-state index in [-0.39, 0.29) is 0 Å². The third-order valence-corrected chi connectivity index (χ3v) is 5.27. The summed E-state index contributed by atoms with van der Waals surface area (Å²) >= 11 is 0. The molecule has 0 amide bonds. The van der Waals surface area contributed by atoms with Crippen molar-refractivity contribution < 1.29 is 59.4 Å². The van der Waals surface area contributed by atoms with Gasteiger partial charge in [-0.3, -0.25) is 0 Å². The average Bonchev–Trinajstić information content (AvgIpc) is 2.79. The van der Waals surface area contributed by atoms with Crippen LogP contribution in [0.25, 0.3) is 0 Å². The van der Waals surface area contributed by atoms with E-state index in [1.807, 2.05) is 0 Å². The molecule has 0 unspecified atom stereocenters. The molecule has 3 rings (SSSR count). The lowest BCUT2D eigenvalue weighted by Gasteiger charge is -2.45. The van der Waals surface area contributed by atoms with E-state index in [0.717, 1.165) is 0 Å². The lowest BCUT2D eigenvalue weighted by atomic mass is 9.97. The molecule has 7 N–H and O–H groups in total. The number of aliphatic hydroxyl groups excluding tert-OH is 7. The van der Waals surface area contributed by atoms with E-state index in [2.05, 4.69) is 0 Å². The van der Waals surface area contributed by atoms with E-state index in [1.54, 1.807) is 24.3 Å². The van der Waals surface area contributed by atoms with Crippen molar-refractivity contribution in [3.05, 3.63) is 24.3 Å². The summed E-state index contributed by atoms with van der Waals surface area (Å²) in [4.78, 5) is 0. The van der Waals surface area contributed by atoms with Crippen molar-refractivity contribution in [1.29, 1.82) is 0 Å². The van der Waals surface area contributed by atoms with E-state index in [9.17, 15) is 35.7 Å². The smallest absolute Gasteiger partial charge is 0.229 e. The van der Waals surface area contributed by atoms with Crippen molar-refractivity contribution in [2.24, 2.45) is 0 Å². The topological polar surface area (TPSA) is 188 Å². The third-order valence-electron chi connectivity index (χ3n) is 5.27. The lowest BCUT2D eigenvalue weighted by molar-refractivity contribution is -0.352. The minimum atomic E-state index is -1.73. The maximum atomic E-state index is 10.6. The van der Waals surface area contributed by atoms with Gasteiger partial charge in [-0.2, -0.15) is 0 Å². The predicted octanol–water partition coefficient (Wildman–Crippen LogP) is -3.30. The van der Waals surface area contributed by atoms with E-state index >= 15 is 0 Å². The zero-order chi connectivity index (χ0) is 22.7. The molecular formula is C19H28O12. The Hall–Kier alpha value is -1.58. The number of benzene rings is 1. The van der Waals surface area contributed by atoms with Gasteiger partial charge in [0.05, 0.1) is 20.3 Å². The third kappa shape index (κ3) is 5.09. The monoisotopic (exact) mass is 448 g/mol. The minimum absolute atomic E-state index is 0.307. The van der Waals surface area contributed by atoms with Gasteiger partial charge in [0.1, 0.15) is 60.3 Å². The standard InChI is InChI=1S/C19H28O12/c1-27-8-2-4-9(5-3-8)28-18-16(26)14(24)17(11(7-21)30-18)31-19-15(25)13(23)12(22)10(6-20)29-19/h2-5,10-26H,6-7H2,1H3/t10-,11-,12-,13+,14-,15-,16-,17-,18-,19-/m1/s1. The van der Waals surface area contributed by atoms with E-state index in [4.69, 9.17) is 23.7 Å². The highest BCUT2D eigenvalue weighted by Crippen LogP contribution is 2.30. The van der Waals surface area contributed by atoms with Crippen molar-refractivity contribution in [3.8, 4) is 11.5 Å². The van der Waals surface area contributed by atoms with Gasteiger partial charge in [0.15, 0.2) is 6.29 Å². The Bertz CT molecular complexity index is 683. The molecule has 2 aliphatic rings. The number of aliphatic hydroxyl groups is 7. The van der Waals surface area contributed by atoms with Crippen molar-refractivity contribution in [3.63, 3.8) is 0 Å². The van der Waals surface area contributed by atoms with Crippen LogP contribution in [-0.4, -0.2) is 117 Å². The van der Waals surface area contributed by atoms with E-state index in [0.29, 0.717) is 11.5 Å². The summed E-state index contributed by atoms with van der Waals surface area (Å²) in [5, 5.41) is 69.9. The van der Waals surface area contributed by atoms with Gasteiger partial charge in [-0.1, -0.05) is 0 Å². The first-order valence-corrected chi connectivity index (χ1v) is 9.69. The summed E-state index contributed by atoms with van der Waals surface area (Å²) in [7, 11) is 1.50. The molecule has 2 saturated heterocycles. The lowest BCUT2D eigenvalue weighted by Crippen LogP contribution is -2.65. The molecule has 2 aliphatic heterocycles. The molecule has 2 fully saturated rings. The van der Waals surface area contributed by atoms with Gasteiger partial charge >= 0.3 is 0 Å². The molecule has 0 aliphatic carbocycles. The van der Waals surface area contributed by atoms with E-state index in [1.165, 1.54) is 7.11 Å². The van der Waals surface area contributed by atoms with Gasteiger partial charge in [0.25, 0.3) is 0 Å². The first-order chi connectivity index (χ1) is 14.8. The number of hydrogen-bond donors (Lipinski definition) is 7. The minimum Gasteiger partial charge on any atom is -0.497 e. The summed E-state index contributed by atoms with van der Waals surface area (Å²) in [6.45, 7) is -1.31. The Morgan fingerprint density at radius 2 is 1.26 bits per heavy atom. The average molecular weight is 448 g/mol. The van der Waals surface area contributed by atoms with Crippen molar-refractivity contribution in [2.45, 2.75) is 61.4 Å². The number of ether oxygens (including phenoxy) is 5. The number of rotatable bonds is 7. The van der Waals surface area contributed by atoms with Crippen LogP contribution in [0.2, 0.25) is 0 Å². The van der Waals surface area contributed by atoms with Crippen LogP contribution in [0.4, 0.5) is 0 Å². The molecule has 12 heteroatoms. The molecular weight excluding hydrogens is 420 g/mol. The largest absolute Gasteiger partial charge is 0.497 e.